The normalized spacial score (nSPS) is 9.17. The molecular weight excluding hydrogens is 158 g/mol. The van der Waals surface area contributed by atoms with Gasteiger partial charge in [0.25, 0.3) is 5.91 Å². The molecule has 1 heterocycles. The number of nitrogens with two attached hydrogens (primary N) is 1. The van der Waals surface area contributed by atoms with Gasteiger partial charge < -0.3 is 4.74 Å². The van der Waals surface area contributed by atoms with E-state index in [1.54, 1.807) is 12.1 Å². The molecule has 1 rings (SSSR count). The van der Waals surface area contributed by atoms with Crippen LogP contribution in [0.2, 0.25) is 0 Å². The summed E-state index contributed by atoms with van der Waals surface area (Å²) < 4.78 is 4.84. The topological polar surface area (TPSA) is 77.2 Å². The molecule has 0 atom stereocenters. The number of hydrazine groups is 1. The summed E-state index contributed by atoms with van der Waals surface area (Å²) in [6.07, 6.45) is 1.53. The van der Waals surface area contributed by atoms with Crippen LogP contribution in [0, 0.1) is 0 Å². The second-order valence-electron chi connectivity index (χ2n) is 2.03. The quantitative estimate of drug-likeness (QED) is 0.360. The molecule has 3 N–H and O–H groups in total. The molecule has 12 heavy (non-hydrogen) atoms. The van der Waals surface area contributed by atoms with E-state index in [0.717, 1.165) is 0 Å². The van der Waals surface area contributed by atoms with Gasteiger partial charge >= 0.3 is 0 Å². The number of hydrogen-bond acceptors (Lipinski definition) is 4. The molecule has 5 heteroatoms. The second-order valence-corrected chi connectivity index (χ2v) is 2.03. The van der Waals surface area contributed by atoms with Crippen molar-refractivity contribution in [2.45, 2.75) is 0 Å². The van der Waals surface area contributed by atoms with Crippen LogP contribution in [0.3, 0.4) is 0 Å². The van der Waals surface area contributed by atoms with Crippen molar-refractivity contribution >= 4 is 5.91 Å². The zero-order valence-corrected chi connectivity index (χ0v) is 6.57. The molecule has 1 amide bonds. The van der Waals surface area contributed by atoms with Gasteiger partial charge in [-0.15, -0.1) is 0 Å². The highest BCUT2D eigenvalue weighted by Gasteiger charge is 2.09. The fraction of sp³-hybridized carbons (Fsp3) is 0.143. The Kier molecular flexibility index (Phi) is 2.60. The van der Waals surface area contributed by atoms with E-state index in [0.29, 0.717) is 5.56 Å². The highest BCUT2D eigenvalue weighted by Crippen LogP contribution is 2.12. The monoisotopic (exact) mass is 167 g/mol. The Morgan fingerprint density at radius 1 is 1.75 bits per heavy atom. The van der Waals surface area contributed by atoms with Crippen molar-refractivity contribution in [2.24, 2.45) is 5.84 Å². The molecule has 0 aliphatic heterocycles. The van der Waals surface area contributed by atoms with Crippen LogP contribution in [0.15, 0.2) is 18.3 Å². The molecule has 64 valence electrons. The summed E-state index contributed by atoms with van der Waals surface area (Å²) in [5.41, 5.74) is 2.32. The maximum absolute atomic E-state index is 11.0. The van der Waals surface area contributed by atoms with Crippen LogP contribution in [0.4, 0.5) is 0 Å². The van der Waals surface area contributed by atoms with Crippen LogP contribution in [0.1, 0.15) is 10.4 Å². The molecule has 0 spiro atoms. The van der Waals surface area contributed by atoms with E-state index in [9.17, 15) is 4.79 Å². The van der Waals surface area contributed by atoms with Crippen LogP contribution in [-0.2, 0) is 0 Å². The molecule has 0 saturated carbocycles. The number of carbonyl (C=O) groups excluding carboxylic acids is 1. The van der Waals surface area contributed by atoms with E-state index in [-0.39, 0.29) is 5.88 Å². The molecule has 0 aliphatic carbocycles. The van der Waals surface area contributed by atoms with E-state index in [2.05, 4.69) is 4.98 Å². The molecule has 0 radical (unpaired) electrons. The fourth-order valence-electron chi connectivity index (χ4n) is 0.804. The standard InChI is InChI=1S/C7H9N3O2/c1-12-7-5(6(11)10-8)3-2-4-9-7/h2-4H,8H2,1H3,(H,10,11). The molecule has 0 unspecified atom stereocenters. The van der Waals surface area contributed by atoms with Crippen LogP contribution in [0.25, 0.3) is 0 Å². The van der Waals surface area contributed by atoms with E-state index in [1.165, 1.54) is 13.3 Å². The lowest BCUT2D eigenvalue weighted by molar-refractivity contribution is 0.0950. The first kappa shape index (κ1) is 8.48. The molecule has 0 bridgehead atoms. The molecule has 0 fully saturated rings. The van der Waals surface area contributed by atoms with Crippen molar-refractivity contribution in [1.82, 2.24) is 10.4 Å². The average Bonchev–Trinajstić information content (AvgIpc) is 2.16. The first-order valence-corrected chi connectivity index (χ1v) is 3.29. The first-order valence-electron chi connectivity index (χ1n) is 3.29. The summed E-state index contributed by atoms with van der Waals surface area (Å²) in [4.78, 5) is 14.9. The van der Waals surface area contributed by atoms with Crippen LogP contribution < -0.4 is 16.0 Å². The van der Waals surface area contributed by atoms with Crippen molar-refractivity contribution in [3.05, 3.63) is 23.9 Å². The Bertz CT molecular complexity index is 288. The molecule has 0 aromatic carbocycles. The van der Waals surface area contributed by atoms with Gasteiger partial charge in [0.2, 0.25) is 5.88 Å². The van der Waals surface area contributed by atoms with Crippen molar-refractivity contribution in [3.63, 3.8) is 0 Å². The number of carbonyl (C=O) groups is 1. The van der Waals surface area contributed by atoms with E-state index < -0.39 is 5.91 Å². The van der Waals surface area contributed by atoms with Crippen LogP contribution in [-0.4, -0.2) is 18.0 Å². The Morgan fingerprint density at radius 2 is 2.50 bits per heavy atom. The number of rotatable bonds is 2. The van der Waals surface area contributed by atoms with Gasteiger partial charge in [-0.05, 0) is 12.1 Å². The maximum atomic E-state index is 11.0. The van der Waals surface area contributed by atoms with Gasteiger partial charge in [-0.25, -0.2) is 10.8 Å². The predicted molar refractivity (Wildman–Crippen MR) is 42.4 cm³/mol. The number of hydrogen-bond donors (Lipinski definition) is 2. The lowest BCUT2D eigenvalue weighted by Crippen LogP contribution is -2.30. The highest BCUT2D eigenvalue weighted by molar-refractivity contribution is 5.95. The largest absolute Gasteiger partial charge is 0.480 e. The Morgan fingerprint density at radius 3 is 3.08 bits per heavy atom. The van der Waals surface area contributed by atoms with Gasteiger partial charge in [-0.3, -0.25) is 10.2 Å². The summed E-state index contributed by atoms with van der Waals surface area (Å²) in [5.74, 6) is 4.79. The molecule has 0 aliphatic rings. The Hall–Kier alpha value is -1.62. The van der Waals surface area contributed by atoms with E-state index >= 15 is 0 Å². The van der Waals surface area contributed by atoms with Crippen molar-refractivity contribution in [3.8, 4) is 5.88 Å². The third-order valence-corrected chi connectivity index (χ3v) is 1.34. The summed E-state index contributed by atoms with van der Waals surface area (Å²) in [6, 6.07) is 3.21. The van der Waals surface area contributed by atoms with Crippen LogP contribution in [0.5, 0.6) is 5.88 Å². The van der Waals surface area contributed by atoms with Gasteiger partial charge in [0.1, 0.15) is 5.56 Å². The van der Waals surface area contributed by atoms with Crippen molar-refractivity contribution in [2.75, 3.05) is 7.11 Å². The maximum Gasteiger partial charge on any atom is 0.270 e. The number of nitrogens with one attached hydrogen (secondary N) is 1. The van der Waals surface area contributed by atoms with Gasteiger partial charge in [0.05, 0.1) is 7.11 Å². The number of aromatic nitrogens is 1. The lowest BCUT2D eigenvalue weighted by Gasteiger charge is -2.03. The average molecular weight is 167 g/mol. The molecule has 1 aromatic heterocycles. The van der Waals surface area contributed by atoms with Gasteiger partial charge in [-0.1, -0.05) is 0 Å². The number of amides is 1. The highest BCUT2D eigenvalue weighted by atomic mass is 16.5. The number of methoxy groups -OCH3 is 1. The third kappa shape index (κ3) is 1.51. The Labute approximate surface area is 69.5 Å². The summed E-state index contributed by atoms with van der Waals surface area (Å²) >= 11 is 0. The lowest BCUT2D eigenvalue weighted by atomic mass is 10.2. The van der Waals surface area contributed by atoms with E-state index in [1.807, 2.05) is 5.43 Å². The Balaban J connectivity index is 3.04. The van der Waals surface area contributed by atoms with Gasteiger partial charge in [0.15, 0.2) is 0 Å². The van der Waals surface area contributed by atoms with Gasteiger partial charge in [0, 0.05) is 6.20 Å². The minimum atomic E-state index is -0.417. The van der Waals surface area contributed by atoms with Crippen LogP contribution >= 0.6 is 0 Å². The third-order valence-electron chi connectivity index (χ3n) is 1.34. The van der Waals surface area contributed by atoms with Crippen molar-refractivity contribution < 1.29 is 9.53 Å². The summed E-state index contributed by atoms with van der Waals surface area (Å²) in [7, 11) is 1.44. The zero-order valence-electron chi connectivity index (χ0n) is 6.57. The van der Waals surface area contributed by atoms with Gasteiger partial charge in [-0.2, -0.15) is 0 Å². The predicted octanol–water partition coefficient (Wildman–Crippen LogP) is -0.306. The summed E-state index contributed by atoms with van der Waals surface area (Å²) in [5, 5.41) is 0. The number of nitrogen functional groups attached to an aromatic ring is 1. The summed E-state index contributed by atoms with van der Waals surface area (Å²) in [6.45, 7) is 0. The SMILES string of the molecule is COc1ncccc1C(=O)NN. The first-order chi connectivity index (χ1) is 5.79. The molecular formula is C7H9N3O2. The van der Waals surface area contributed by atoms with E-state index in [4.69, 9.17) is 10.6 Å². The minimum Gasteiger partial charge on any atom is -0.480 e. The minimum absolute atomic E-state index is 0.264. The zero-order chi connectivity index (χ0) is 8.97. The van der Waals surface area contributed by atoms with Crippen molar-refractivity contribution in [1.29, 1.82) is 0 Å². The smallest absolute Gasteiger partial charge is 0.270 e. The number of nitrogens with zero attached hydrogens (tertiary/aromatic N) is 1. The number of ether oxygens (including phenoxy) is 1. The second kappa shape index (κ2) is 3.68. The molecule has 1 aromatic rings. The molecule has 5 nitrogen and oxygen atoms in total. The number of pyridine rings is 1. The fourth-order valence-corrected chi connectivity index (χ4v) is 0.804. The molecule has 0 saturated heterocycles.